The number of nitrogens with zero attached hydrogens (tertiary/aromatic N) is 2. The Labute approximate surface area is 238 Å². The zero-order valence-electron chi connectivity index (χ0n) is 21.1. The lowest BCUT2D eigenvalue weighted by Gasteiger charge is -2.32. The van der Waals surface area contributed by atoms with E-state index >= 15 is 0 Å². The maximum Gasteiger partial charge on any atom is 0.264 e. The minimum Gasteiger partial charge on any atom is -0.355 e. The number of nitrogens with one attached hydrogen (secondary N) is 1. The van der Waals surface area contributed by atoms with Gasteiger partial charge < -0.3 is 10.2 Å². The molecule has 0 fully saturated rings. The summed E-state index contributed by atoms with van der Waals surface area (Å²) < 4.78 is 28.6. The minimum atomic E-state index is -4.16. The third kappa shape index (κ3) is 6.99. The van der Waals surface area contributed by atoms with Crippen LogP contribution in [0.1, 0.15) is 25.0 Å². The van der Waals surface area contributed by atoms with Crippen LogP contribution in [0.4, 0.5) is 5.69 Å². The van der Waals surface area contributed by atoms with Crippen LogP contribution in [0.3, 0.4) is 0 Å². The maximum atomic E-state index is 13.8. The predicted octanol–water partition coefficient (Wildman–Crippen LogP) is 5.70. The van der Waals surface area contributed by atoms with Crippen LogP contribution in [-0.2, 0) is 26.2 Å². The second kappa shape index (κ2) is 12.8. The van der Waals surface area contributed by atoms with Crippen molar-refractivity contribution in [2.45, 2.75) is 38.3 Å². The van der Waals surface area contributed by atoms with Crippen molar-refractivity contribution in [1.82, 2.24) is 10.2 Å². The summed E-state index contributed by atoms with van der Waals surface area (Å²) in [6.07, 6.45) is 0. The van der Waals surface area contributed by atoms with E-state index in [-0.39, 0.29) is 17.3 Å². The average molecular weight is 597 g/mol. The molecule has 0 aliphatic rings. The number of aryl methyl sites for hydroxylation is 1. The number of anilines is 1. The molecule has 1 atom stereocenters. The second-order valence-corrected chi connectivity index (χ2v) is 11.7. The number of carbonyl (C=O) groups is 2. The van der Waals surface area contributed by atoms with E-state index in [9.17, 15) is 18.0 Å². The molecule has 0 saturated carbocycles. The molecule has 0 saturated heterocycles. The number of halogens is 3. The standard InChI is InChI=1S/C27H28Cl3N3O4S/c1-4-31-27(35)19(3)32(16-20-10-12-23(29)24(30)15-20)26(34)17-33(25-13-11-21(28)14-18(25)2)38(36,37)22-8-6-5-7-9-22/h5-15,19H,4,16-17H2,1-3H3,(H,31,35)/t19-/m0/s1. The van der Waals surface area contributed by atoms with Crippen molar-refractivity contribution in [2.24, 2.45) is 0 Å². The SMILES string of the molecule is CCNC(=O)[C@H](C)N(Cc1ccc(Cl)c(Cl)c1)C(=O)CN(c1ccc(Cl)cc1C)S(=O)(=O)c1ccccc1. The van der Waals surface area contributed by atoms with Crippen LogP contribution in [0.2, 0.25) is 15.1 Å². The first kappa shape index (κ1) is 29.8. The summed E-state index contributed by atoms with van der Waals surface area (Å²) in [5.74, 6) is -0.954. The Morgan fingerprint density at radius 2 is 1.63 bits per heavy atom. The topological polar surface area (TPSA) is 86.8 Å². The average Bonchev–Trinajstić information content (AvgIpc) is 2.88. The van der Waals surface area contributed by atoms with Crippen LogP contribution in [0, 0.1) is 6.92 Å². The molecule has 11 heteroatoms. The van der Waals surface area contributed by atoms with E-state index in [4.69, 9.17) is 34.8 Å². The smallest absolute Gasteiger partial charge is 0.264 e. The molecule has 2 amide bonds. The summed E-state index contributed by atoms with van der Waals surface area (Å²) >= 11 is 18.3. The normalized spacial score (nSPS) is 12.1. The number of carbonyl (C=O) groups excluding carboxylic acids is 2. The number of rotatable bonds is 10. The van der Waals surface area contributed by atoms with Crippen molar-refractivity contribution in [2.75, 3.05) is 17.4 Å². The highest BCUT2D eigenvalue weighted by atomic mass is 35.5. The van der Waals surface area contributed by atoms with Gasteiger partial charge in [0.2, 0.25) is 11.8 Å². The first-order chi connectivity index (χ1) is 17.9. The monoisotopic (exact) mass is 595 g/mol. The van der Waals surface area contributed by atoms with Gasteiger partial charge in [0, 0.05) is 18.1 Å². The van der Waals surface area contributed by atoms with E-state index in [2.05, 4.69) is 5.32 Å². The molecule has 38 heavy (non-hydrogen) atoms. The second-order valence-electron chi connectivity index (χ2n) is 8.60. The Bertz CT molecular complexity index is 1420. The lowest BCUT2D eigenvalue weighted by Crippen LogP contribution is -2.51. The van der Waals surface area contributed by atoms with Crippen LogP contribution in [0.5, 0.6) is 0 Å². The largest absolute Gasteiger partial charge is 0.355 e. The third-order valence-corrected chi connectivity index (χ3v) is 8.64. The van der Waals surface area contributed by atoms with E-state index in [1.807, 2.05) is 0 Å². The molecule has 0 aliphatic carbocycles. The number of amides is 2. The minimum absolute atomic E-state index is 0.00679. The van der Waals surface area contributed by atoms with E-state index < -0.39 is 28.5 Å². The van der Waals surface area contributed by atoms with Crippen molar-refractivity contribution in [3.63, 3.8) is 0 Å². The van der Waals surface area contributed by atoms with Crippen LogP contribution < -0.4 is 9.62 Å². The number of hydrogen-bond donors (Lipinski definition) is 1. The Morgan fingerprint density at radius 3 is 2.24 bits per heavy atom. The summed E-state index contributed by atoms with van der Waals surface area (Å²) in [6, 6.07) is 16.6. The van der Waals surface area contributed by atoms with Gasteiger partial charge in [0.25, 0.3) is 10.0 Å². The van der Waals surface area contributed by atoms with Crippen molar-refractivity contribution < 1.29 is 18.0 Å². The van der Waals surface area contributed by atoms with Crippen LogP contribution in [0.15, 0.2) is 71.6 Å². The van der Waals surface area contributed by atoms with Gasteiger partial charge in [-0.25, -0.2) is 8.42 Å². The quantitative estimate of drug-likeness (QED) is 0.325. The molecule has 7 nitrogen and oxygen atoms in total. The Morgan fingerprint density at radius 1 is 0.947 bits per heavy atom. The lowest BCUT2D eigenvalue weighted by molar-refractivity contribution is -0.139. The van der Waals surface area contributed by atoms with Gasteiger partial charge in [0.15, 0.2) is 0 Å². The van der Waals surface area contributed by atoms with Gasteiger partial charge >= 0.3 is 0 Å². The highest BCUT2D eigenvalue weighted by Crippen LogP contribution is 2.30. The zero-order chi connectivity index (χ0) is 28.0. The fourth-order valence-corrected chi connectivity index (χ4v) is 5.92. The van der Waals surface area contributed by atoms with Crippen molar-refractivity contribution in [3.05, 3.63) is 92.9 Å². The van der Waals surface area contributed by atoms with E-state index in [0.717, 1.165) is 4.31 Å². The number of likely N-dealkylation sites (N-methyl/N-ethyl adjacent to an activating group) is 1. The van der Waals surface area contributed by atoms with Crippen LogP contribution in [0.25, 0.3) is 0 Å². The molecule has 0 aliphatic heterocycles. The third-order valence-electron chi connectivity index (χ3n) is 5.89. The summed E-state index contributed by atoms with van der Waals surface area (Å²) in [4.78, 5) is 28.0. The van der Waals surface area contributed by atoms with Gasteiger partial charge in [-0.2, -0.15) is 0 Å². The highest BCUT2D eigenvalue weighted by Gasteiger charge is 2.33. The Hall–Kier alpha value is -2.78. The Balaban J connectivity index is 2.06. The number of hydrogen-bond acceptors (Lipinski definition) is 4. The molecule has 0 unspecified atom stereocenters. The molecule has 0 heterocycles. The van der Waals surface area contributed by atoms with Gasteiger partial charge in [-0.1, -0.05) is 59.1 Å². The van der Waals surface area contributed by atoms with Gasteiger partial charge in [0.1, 0.15) is 12.6 Å². The number of benzene rings is 3. The summed E-state index contributed by atoms with van der Waals surface area (Å²) in [5, 5.41) is 3.80. The molecule has 0 radical (unpaired) electrons. The fourth-order valence-electron chi connectivity index (χ4n) is 3.87. The molecule has 202 valence electrons. The van der Waals surface area contributed by atoms with Crippen molar-refractivity contribution >= 4 is 62.3 Å². The highest BCUT2D eigenvalue weighted by molar-refractivity contribution is 7.92. The maximum absolute atomic E-state index is 13.8. The molecule has 0 spiro atoms. The lowest BCUT2D eigenvalue weighted by atomic mass is 10.1. The summed E-state index contributed by atoms with van der Waals surface area (Å²) in [7, 11) is -4.16. The molecular formula is C27H28Cl3N3O4S. The van der Waals surface area contributed by atoms with Crippen LogP contribution >= 0.6 is 34.8 Å². The zero-order valence-corrected chi connectivity index (χ0v) is 24.2. The summed E-state index contributed by atoms with van der Waals surface area (Å²) in [5.41, 5.74) is 1.49. The molecular weight excluding hydrogens is 569 g/mol. The van der Waals surface area contributed by atoms with E-state index in [0.29, 0.717) is 38.4 Å². The van der Waals surface area contributed by atoms with Gasteiger partial charge in [0.05, 0.1) is 20.6 Å². The van der Waals surface area contributed by atoms with Crippen molar-refractivity contribution in [1.29, 1.82) is 0 Å². The van der Waals surface area contributed by atoms with Gasteiger partial charge in [-0.15, -0.1) is 0 Å². The van der Waals surface area contributed by atoms with Gasteiger partial charge in [-0.3, -0.25) is 13.9 Å². The van der Waals surface area contributed by atoms with Crippen LogP contribution in [-0.4, -0.2) is 44.3 Å². The van der Waals surface area contributed by atoms with Crippen molar-refractivity contribution in [3.8, 4) is 0 Å². The summed E-state index contributed by atoms with van der Waals surface area (Å²) in [6.45, 7) is 4.90. The predicted molar refractivity (Wildman–Crippen MR) is 152 cm³/mol. The molecule has 0 aromatic heterocycles. The molecule has 3 aromatic rings. The Kier molecular flexibility index (Phi) is 10.1. The molecule has 0 bridgehead atoms. The first-order valence-corrected chi connectivity index (χ1v) is 14.4. The van der Waals surface area contributed by atoms with E-state index in [1.54, 1.807) is 75.4 Å². The number of sulfonamides is 1. The molecule has 1 N–H and O–H groups in total. The molecule has 3 aromatic carbocycles. The first-order valence-electron chi connectivity index (χ1n) is 11.8. The molecule has 3 rings (SSSR count). The van der Waals surface area contributed by atoms with E-state index in [1.165, 1.54) is 17.0 Å². The van der Waals surface area contributed by atoms with Gasteiger partial charge in [-0.05, 0) is 74.4 Å². The fraction of sp³-hybridized carbons (Fsp3) is 0.259.